The van der Waals surface area contributed by atoms with Crippen molar-refractivity contribution in [1.29, 1.82) is 0 Å². The molecule has 0 fully saturated rings. The normalized spacial score (nSPS) is 11.0. The highest BCUT2D eigenvalue weighted by atomic mass is 32.1. The van der Waals surface area contributed by atoms with Gasteiger partial charge in [-0.25, -0.2) is 4.98 Å². The van der Waals surface area contributed by atoms with E-state index in [0.29, 0.717) is 33.7 Å². The van der Waals surface area contributed by atoms with Crippen LogP contribution in [0, 0.1) is 11.7 Å². The van der Waals surface area contributed by atoms with Crippen molar-refractivity contribution in [2.45, 2.75) is 13.3 Å². The quantitative estimate of drug-likeness (QED) is 0.329. The molecule has 5 aromatic rings. The Kier molecular flexibility index (Phi) is 5.86. The second kappa shape index (κ2) is 9.12. The Bertz CT molecular complexity index is 1530. The van der Waals surface area contributed by atoms with Crippen LogP contribution < -0.4 is 5.32 Å². The molecule has 0 atom stereocenters. The van der Waals surface area contributed by atoms with Gasteiger partial charge >= 0.3 is 0 Å². The summed E-state index contributed by atoms with van der Waals surface area (Å²) >= 11 is 6.49. The van der Waals surface area contributed by atoms with Gasteiger partial charge in [0.15, 0.2) is 9.90 Å². The lowest BCUT2D eigenvalue weighted by Crippen LogP contribution is -2.11. The fraction of sp³-hybridized carbons (Fsp3) is 0.130. The van der Waals surface area contributed by atoms with E-state index in [-0.39, 0.29) is 5.91 Å². The van der Waals surface area contributed by atoms with E-state index in [4.69, 9.17) is 16.6 Å². The molecule has 1 amide bonds. The minimum Gasteiger partial charge on any atom is -0.416 e. The molecular weight excluding hydrogens is 470 g/mol. The lowest BCUT2D eigenvalue weighted by Gasteiger charge is -2.02. The van der Waals surface area contributed by atoms with Gasteiger partial charge in [-0.3, -0.25) is 15.2 Å². The zero-order valence-electron chi connectivity index (χ0n) is 18.3. The van der Waals surface area contributed by atoms with Gasteiger partial charge in [0.1, 0.15) is 5.82 Å². The molecule has 11 heteroatoms. The number of amides is 1. The topological polar surface area (TPSA) is 115 Å². The predicted molar refractivity (Wildman–Crippen MR) is 131 cm³/mol. The van der Waals surface area contributed by atoms with E-state index < -0.39 is 0 Å². The van der Waals surface area contributed by atoms with E-state index >= 15 is 0 Å². The number of nitrogens with one attached hydrogen (secondary N) is 2. The molecular formula is C23H19N7O2S2. The van der Waals surface area contributed by atoms with Crippen LogP contribution in [0.25, 0.3) is 22.9 Å². The Hall–Kier alpha value is -3.96. The minimum absolute atomic E-state index is 0.253. The van der Waals surface area contributed by atoms with Crippen LogP contribution in [0.2, 0.25) is 0 Å². The molecule has 0 spiro atoms. The Morgan fingerprint density at radius 3 is 2.62 bits per heavy atom. The van der Waals surface area contributed by atoms with Crippen molar-refractivity contribution in [2.24, 2.45) is 7.05 Å². The average molecular weight is 490 g/mol. The van der Waals surface area contributed by atoms with Crippen LogP contribution in [0.3, 0.4) is 0 Å². The first kappa shape index (κ1) is 21.9. The Balaban J connectivity index is 1.25. The fourth-order valence-electron chi connectivity index (χ4n) is 3.31. The first-order valence-electron chi connectivity index (χ1n) is 10.3. The summed E-state index contributed by atoms with van der Waals surface area (Å²) in [5.41, 5.74) is 4.00. The number of aromatic nitrogens is 6. The van der Waals surface area contributed by atoms with Crippen LogP contribution in [-0.4, -0.2) is 35.9 Å². The lowest BCUT2D eigenvalue weighted by atomic mass is 10.1. The number of hydrogen-bond donors (Lipinski definition) is 2. The average Bonchev–Trinajstić information content (AvgIpc) is 3.57. The molecule has 0 saturated heterocycles. The van der Waals surface area contributed by atoms with Gasteiger partial charge in [0.25, 0.3) is 5.91 Å². The molecule has 3 aromatic heterocycles. The van der Waals surface area contributed by atoms with Crippen molar-refractivity contribution in [2.75, 3.05) is 5.32 Å². The summed E-state index contributed by atoms with van der Waals surface area (Å²) in [6, 6.07) is 14.8. The minimum atomic E-state index is -0.253. The standard InChI is InChI=1S/C23H19N7O2S2/c1-13-4-3-5-16(10-13)21-28-27-20(32-21)15-8-6-14(7-9-15)19(31)25-22-24-17(12-34-22)11-18-26-29-23(33)30(18)2/h3-10,12H,11H2,1-2H3,(H,29,33)(H,24,25,31). The smallest absolute Gasteiger partial charge is 0.257 e. The summed E-state index contributed by atoms with van der Waals surface area (Å²) in [5, 5.41) is 20.5. The van der Waals surface area contributed by atoms with Crippen LogP contribution in [0.4, 0.5) is 5.13 Å². The third kappa shape index (κ3) is 4.56. The lowest BCUT2D eigenvalue weighted by molar-refractivity contribution is 0.102. The van der Waals surface area contributed by atoms with E-state index in [2.05, 4.69) is 30.7 Å². The highest BCUT2D eigenvalue weighted by Crippen LogP contribution is 2.25. The van der Waals surface area contributed by atoms with E-state index in [1.54, 1.807) is 28.8 Å². The van der Waals surface area contributed by atoms with Crippen molar-refractivity contribution in [3.63, 3.8) is 0 Å². The number of hydrogen-bond acceptors (Lipinski definition) is 8. The van der Waals surface area contributed by atoms with Crippen LogP contribution in [0.15, 0.2) is 58.3 Å². The number of aryl methyl sites for hydroxylation is 1. The zero-order valence-corrected chi connectivity index (χ0v) is 19.9. The van der Waals surface area contributed by atoms with E-state index in [1.165, 1.54) is 11.3 Å². The van der Waals surface area contributed by atoms with Crippen LogP contribution >= 0.6 is 23.6 Å². The summed E-state index contributed by atoms with van der Waals surface area (Å²) in [4.78, 5) is 17.2. The van der Waals surface area contributed by atoms with Gasteiger partial charge in [-0.05, 0) is 55.5 Å². The van der Waals surface area contributed by atoms with Crippen LogP contribution in [0.1, 0.15) is 27.4 Å². The molecule has 0 aliphatic rings. The first-order chi connectivity index (χ1) is 16.5. The Morgan fingerprint density at radius 2 is 1.91 bits per heavy atom. The fourth-order valence-corrected chi connectivity index (χ4v) is 4.17. The van der Waals surface area contributed by atoms with E-state index in [0.717, 1.165) is 28.2 Å². The van der Waals surface area contributed by atoms with Gasteiger partial charge in [0, 0.05) is 29.1 Å². The SMILES string of the molecule is Cc1cccc(-c2nnc(-c3ccc(C(=O)Nc4nc(Cc5n[nH]c(=S)n5C)cs4)cc3)o2)c1. The molecule has 9 nitrogen and oxygen atoms in total. The first-order valence-corrected chi connectivity index (χ1v) is 11.6. The Labute approximate surface area is 203 Å². The van der Waals surface area contributed by atoms with Crippen molar-refractivity contribution in [3.05, 3.63) is 81.3 Å². The molecule has 34 heavy (non-hydrogen) atoms. The molecule has 3 heterocycles. The highest BCUT2D eigenvalue weighted by Gasteiger charge is 2.14. The molecule has 0 aliphatic heterocycles. The summed E-state index contributed by atoms with van der Waals surface area (Å²) < 4.78 is 8.17. The van der Waals surface area contributed by atoms with E-state index in [1.807, 2.05) is 43.6 Å². The molecule has 170 valence electrons. The largest absolute Gasteiger partial charge is 0.416 e. The summed E-state index contributed by atoms with van der Waals surface area (Å²) in [6.45, 7) is 2.01. The number of carbonyl (C=O) groups excluding carboxylic acids is 1. The second-order valence-electron chi connectivity index (χ2n) is 7.64. The number of rotatable bonds is 6. The second-order valence-corrected chi connectivity index (χ2v) is 8.88. The number of anilines is 1. The molecule has 2 N–H and O–H groups in total. The highest BCUT2D eigenvalue weighted by molar-refractivity contribution is 7.71. The summed E-state index contributed by atoms with van der Waals surface area (Å²) in [6.07, 6.45) is 0.513. The predicted octanol–water partition coefficient (Wildman–Crippen LogP) is 4.80. The number of H-pyrrole nitrogens is 1. The third-order valence-corrected chi connectivity index (χ3v) is 6.34. The maximum absolute atomic E-state index is 12.7. The number of nitrogens with zero attached hydrogens (tertiary/aromatic N) is 5. The van der Waals surface area contributed by atoms with Gasteiger partial charge in [0.05, 0.1) is 12.1 Å². The molecule has 0 radical (unpaired) electrons. The van der Waals surface area contributed by atoms with Gasteiger partial charge in [-0.1, -0.05) is 17.7 Å². The monoisotopic (exact) mass is 489 g/mol. The van der Waals surface area contributed by atoms with Crippen LogP contribution in [-0.2, 0) is 13.5 Å². The zero-order chi connectivity index (χ0) is 23.7. The number of carbonyl (C=O) groups is 1. The van der Waals surface area contributed by atoms with Crippen molar-refractivity contribution < 1.29 is 9.21 Å². The number of aromatic amines is 1. The van der Waals surface area contributed by atoms with Gasteiger partial charge in [0.2, 0.25) is 11.8 Å². The maximum atomic E-state index is 12.7. The molecule has 0 aliphatic carbocycles. The van der Waals surface area contributed by atoms with Gasteiger partial charge in [-0.2, -0.15) is 5.10 Å². The molecule has 2 aromatic carbocycles. The van der Waals surface area contributed by atoms with Gasteiger partial charge < -0.3 is 8.98 Å². The Morgan fingerprint density at radius 1 is 1.15 bits per heavy atom. The summed E-state index contributed by atoms with van der Waals surface area (Å²) in [5.74, 6) is 1.36. The van der Waals surface area contributed by atoms with Crippen molar-refractivity contribution in [1.82, 2.24) is 29.9 Å². The molecule has 0 unspecified atom stereocenters. The van der Waals surface area contributed by atoms with Crippen LogP contribution in [0.5, 0.6) is 0 Å². The molecule has 5 rings (SSSR count). The van der Waals surface area contributed by atoms with Crippen molar-refractivity contribution >= 4 is 34.6 Å². The summed E-state index contributed by atoms with van der Waals surface area (Å²) in [7, 11) is 1.84. The third-order valence-electron chi connectivity index (χ3n) is 5.17. The number of thiazole rings is 1. The molecule has 0 saturated carbocycles. The van der Waals surface area contributed by atoms with Crippen molar-refractivity contribution in [3.8, 4) is 22.9 Å². The molecule has 0 bridgehead atoms. The van der Waals surface area contributed by atoms with Gasteiger partial charge in [-0.15, -0.1) is 21.5 Å². The maximum Gasteiger partial charge on any atom is 0.257 e. The number of benzene rings is 2. The van der Waals surface area contributed by atoms with E-state index in [9.17, 15) is 4.79 Å².